The third-order valence-electron chi connectivity index (χ3n) is 14.3. The van der Waals surface area contributed by atoms with Gasteiger partial charge in [0.2, 0.25) is 0 Å². The number of rotatable bonds is 10. The van der Waals surface area contributed by atoms with Crippen LogP contribution in [0.4, 0.5) is 45.5 Å². The molecule has 2 atom stereocenters. The predicted octanol–water partition coefficient (Wildman–Crippen LogP) is 18.7. The van der Waals surface area contributed by atoms with E-state index in [0.717, 1.165) is 39.7 Å². The molecular formula is C68H49N3. The van der Waals surface area contributed by atoms with Gasteiger partial charge >= 0.3 is 0 Å². The van der Waals surface area contributed by atoms with Crippen molar-refractivity contribution in [3.8, 4) is 33.4 Å². The molecule has 2 aliphatic rings. The van der Waals surface area contributed by atoms with Crippen molar-refractivity contribution >= 4 is 67.0 Å². The Kier molecular flexibility index (Phi) is 10.7. The maximum absolute atomic E-state index is 2.50. The van der Waals surface area contributed by atoms with Crippen LogP contribution in [0.5, 0.6) is 0 Å². The quantitative estimate of drug-likeness (QED) is 0.135. The van der Waals surface area contributed by atoms with E-state index in [1.165, 1.54) is 66.3 Å². The first-order valence-electron chi connectivity index (χ1n) is 24.6. The van der Waals surface area contributed by atoms with Crippen LogP contribution in [0.3, 0.4) is 0 Å². The number of allylic oxidation sites excluding steroid dienone is 2. The van der Waals surface area contributed by atoms with Gasteiger partial charge in [0.25, 0.3) is 0 Å². The molecule has 1 heterocycles. The van der Waals surface area contributed by atoms with Crippen molar-refractivity contribution in [2.24, 2.45) is 0 Å². The van der Waals surface area contributed by atoms with E-state index >= 15 is 0 Å². The minimum absolute atomic E-state index is 0.208. The van der Waals surface area contributed by atoms with Crippen LogP contribution >= 0.6 is 0 Å². The fraction of sp³-hybridized carbons (Fsp3) is 0.0294. The van der Waals surface area contributed by atoms with Crippen LogP contribution in [0.15, 0.2) is 285 Å². The first kappa shape index (κ1) is 42.0. The van der Waals surface area contributed by atoms with Gasteiger partial charge in [0.15, 0.2) is 0 Å². The molecule has 11 aromatic carbocycles. The highest BCUT2D eigenvalue weighted by Gasteiger charge is 2.38. The van der Waals surface area contributed by atoms with Crippen LogP contribution in [0.1, 0.15) is 11.5 Å². The Bertz CT molecular complexity index is 3770. The second kappa shape index (κ2) is 18.0. The second-order valence-electron chi connectivity index (χ2n) is 18.5. The zero-order chi connectivity index (χ0) is 47.1. The van der Waals surface area contributed by atoms with Gasteiger partial charge in [-0.1, -0.05) is 200 Å². The lowest BCUT2D eigenvalue weighted by Crippen LogP contribution is -2.28. The van der Waals surface area contributed by atoms with Gasteiger partial charge < -0.3 is 14.7 Å². The third-order valence-corrected chi connectivity index (χ3v) is 14.3. The summed E-state index contributed by atoms with van der Waals surface area (Å²) in [6, 6.07) is 95.3. The molecule has 0 saturated carbocycles. The van der Waals surface area contributed by atoms with Crippen LogP contribution < -0.4 is 14.7 Å². The van der Waals surface area contributed by atoms with E-state index in [4.69, 9.17) is 0 Å². The molecule has 0 bridgehead atoms. The summed E-state index contributed by atoms with van der Waals surface area (Å²) in [7, 11) is 0. The molecule has 3 nitrogen and oxygen atoms in total. The molecule has 1 aliphatic heterocycles. The summed E-state index contributed by atoms with van der Waals surface area (Å²) < 4.78 is 0. The highest BCUT2D eigenvalue weighted by Crippen LogP contribution is 2.51. The molecule has 3 heteroatoms. The number of hydrogen-bond acceptors (Lipinski definition) is 3. The van der Waals surface area contributed by atoms with Gasteiger partial charge in [0.05, 0.1) is 11.7 Å². The fourth-order valence-electron chi connectivity index (χ4n) is 11.0. The van der Waals surface area contributed by atoms with Gasteiger partial charge in [-0.3, -0.25) is 0 Å². The standard InChI is InChI=1S/C68H49N3/c1-4-17-48(18-5-1)51-31-36-56(37-32-51)69(58-26-16-23-54(45-58)49-19-6-2-7-20-49)57-38-34-52(35-39-57)61-42-44-67(63-28-13-12-27-62(61)63)70(59-40-33-50-21-10-11-22-53(50)46-59)60-41-43-68-65(47-60)64-29-14-15-30-66(64)71(68)55-24-8-3-9-25-55/h1-47,64,66H. The van der Waals surface area contributed by atoms with E-state index in [1.807, 2.05) is 0 Å². The highest BCUT2D eigenvalue weighted by molar-refractivity contribution is 6.07. The molecule has 0 aromatic heterocycles. The van der Waals surface area contributed by atoms with Crippen molar-refractivity contribution in [3.05, 3.63) is 291 Å². The lowest BCUT2D eigenvalue weighted by atomic mass is 9.91. The minimum Gasteiger partial charge on any atom is -0.333 e. The summed E-state index contributed by atoms with van der Waals surface area (Å²) in [5.74, 6) is 0.230. The molecule has 0 N–H and O–H groups in total. The van der Waals surface area contributed by atoms with Crippen molar-refractivity contribution in [3.63, 3.8) is 0 Å². The molecule has 2 unspecified atom stereocenters. The zero-order valence-electron chi connectivity index (χ0n) is 39.1. The van der Waals surface area contributed by atoms with E-state index in [0.29, 0.717) is 0 Å². The third kappa shape index (κ3) is 7.75. The summed E-state index contributed by atoms with van der Waals surface area (Å²) >= 11 is 0. The van der Waals surface area contributed by atoms with Crippen molar-refractivity contribution in [1.29, 1.82) is 0 Å². The molecule has 0 saturated heterocycles. The Morgan fingerprint density at radius 1 is 0.324 bits per heavy atom. The highest BCUT2D eigenvalue weighted by atomic mass is 15.2. The summed E-state index contributed by atoms with van der Waals surface area (Å²) in [5, 5.41) is 4.82. The SMILES string of the molecule is C1=CC2c3cc(N(c4ccc5ccccc5c4)c4ccc(-c5ccc(N(c6ccc(-c7ccccc7)cc6)c6cccc(-c7ccccc7)c6)cc5)c5ccccc45)ccc3N(c3ccccc3)C2C=C1. The molecular weight excluding hydrogens is 859 g/mol. The van der Waals surface area contributed by atoms with Crippen LogP contribution in [0, 0.1) is 0 Å². The minimum atomic E-state index is 0.208. The van der Waals surface area contributed by atoms with Gasteiger partial charge in [0, 0.05) is 51.1 Å². The van der Waals surface area contributed by atoms with Crippen molar-refractivity contribution in [2.75, 3.05) is 14.7 Å². The molecule has 0 spiro atoms. The first-order valence-corrected chi connectivity index (χ1v) is 24.6. The van der Waals surface area contributed by atoms with Crippen LogP contribution in [0.2, 0.25) is 0 Å². The number of fused-ring (bicyclic) bond motifs is 5. The van der Waals surface area contributed by atoms with Crippen LogP contribution in [-0.2, 0) is 0 Å². The topological polar surface area (TPSA) is 9.72 Å². The lowest BCUT2D eigenvalue weighted by Gasteiger charge is -2.29. The van der Waals surface area contributed by atoms with E-state index in [-0.39, 0.29) is 12.0 Å². The Morgan fingerprint density at radius 3 is 1.62 bits per heavy atom. The van der Waals surface area contributed by atoms with Gasteiger partial charge in [-0.05, 0) is 140 Å². The second-order valence-corrected chi connectivity index (χ2v) is 18.5. The van der Waals surface area contributed by atoms with Gasteiger partial charge in [-0.2, -0.15) is 0 Å². The van der Waals surface area contributed by atoms with Gasteiger partial charge in [-0.25, -0.2) is 0 Å². The molecule has 71 heavy (non-hydrogen) atoms. The molecule has 0 fully saturated rings. The molecule has 336 valence electrons. The summed E-state index contributed by atoms with van der Waals surface area (Å²) in [6.45, 7) is 0. The molecule has 11 aromatic rings. The largest absolute Gasteiger partial charge is 0.333 e. The fourth-order valence-corrected chi connectivity index (χ4v) is 11.0. The number of benzene rings is 11. The smallest absolute Gasteiger partial charge is 0.0629 e. The Labute approximate surface area is 415 Å². The first-order chi connectivity index (χ1) is 35.2. The van der Waals surface area contributed by atoms with E-state index < -0.39 is 0 Å². The van der Waals surface area contributed by atoms with Crippen molar-refractivity contribution < 1.29 is 0 Å². The van der Waals surface area contributed by atoms with Crippen molar-refractivity contribution in [2.45, 2.75) is 12.0 Å². The van der Waals surface area contributed by atoms with Crippen LogP contribution in [-0.4, -0.2) is 6.04 Å². The molecule has 13 rings (SSSR count). The Morgan fingerprint density at radius 2 is 0.873 bits per heavy atom. The predicted molar refractivity (Wildman–Crippen MR) is 301 cm³/mol. The Balaban J connectivity index is 0.913. The zero-order valence-corrected chi connectivity index (χ0v) is 39.1. The maximum Gasteiger partial charge on any atom is 0.0629 e. The average molecular weight is 908 g/mol. The number of anilines is 8. The molecule has 1 aliphatic carbocycles. The molecule has 0 radical (unpaired) electrons. The maximum atomic E-state index is 2.50. The Hall–Kier alpha value is -9.18. The molecule has 0 amide bonds. The van der Waals surface area contributed by atoms with E-state index in [9.17, 15) is 0 Å². The normalized spacial score (nSPS) is 14.6. The summed E-state index contributed by atoms with van der Waals surface area (Å²) in [5.41, 5.74) is 17.6. The van der Waals surface area contributed by atoms with Crippen molar-refractivity contribution in [1.82, 2.24) is 0 Å². The van der Waals surface area contributed by atoms with Gasteiger partial charge in [-0.15, -0.1) is 0 Å². The average Bonchev–Trinajstić information content (AvgIpc) is 3.78. The monoisotopic (exact) mass is 907 g/mol. The summed E-state index contributed by atoms with van der Waals surface area (Å²) in [4.78, 5) is 7.34. The lowest BCUT2D eigenvalue weighted by molar-refractivity contribution is 0.745. The number of hydrogen-bond donors (Lipinski definition) is 0. The van der Waals surface area contributed by atoms with Crippen LogP contribution in [0.25, 0.3) is 54.9 Å². The van der Waals surface area contributed by atoms with Gasteiger partial charge in [0.1, 0.15) is 0 Å². The summed E-state index contributed by atoms with van der Waals surface area (Å²) in [6.07, 6.45) is 9.12. The van der Waals surface area contributed by atoms with E-state index in [1.54, 1.807) is 0 Å². The number of nitrogens with zero attached hydrogens (tertiary/aromatic N) is 3. The number of para-hydroxylation sites is 1. The van der Waals surface area contributed by atoms with E-state index in [2.05, 4.69) is 300 Å².